The fourth-order valence-electron chi connectivity index (χ4n) is 2.04. The molecule has 0 aliphatic rings. The first-order chi connectivity index (χ1) is 9.22. The number of aromatic amines is 1. The van der Waals surface area contributed by atoms with Crippen LogP contribution in [0.2, 0.25) is 5.02 Å². The van der Waals surface area contributed by atoms with Gasteiger partial charge in [-0.15, -0.1) is 0 Å². The van der Waals surface area contributed by atoms with E-state index in [-0.39, 0.29) is 0 Å². The van der Waals surface area contributed by atoms with Crippen LogP contribution in [0, 0.1) is 0 Å². The van der Waals surface area contributed by atoms with E-state index in [2.05, 4.69) is 50.5 Å². The van der Waals surface area contributed by atoms with Gasteiger partial charge in [-0.3, -0.25) is 0 Å². The molecule has 0 aliphatic carbocycles. The molecule has 0 aliphatic heterocycles. The van der Waals surface area contributed by atoms with E-state index in [1.807, 2.05) is 24.4 Å². The standard InChI is InChI=1S/C15H12BrClN2/c16-12-1-3-14(17)11(7-12)9-19-13-2-4-15-10(8-13)5-6-18-15/h1-8,18-19H,9H2. The van der Waals surface area contributed by atoms with Crippen LogP contribution >= 0.6 is 27.5 Å². The molecule has 0 saturated heterocycles. The maximum absolute atomic E-state index is 6.17. The summed E-state index contributed by atoms with van der Waals surface area (Å²) in [5.74, 6) is 0. The smallest absolute Gasteiger partial charge is 0.0456 e. The Morgan fingerprint density at radius 2 is 2.00 bits per heavy atom. The molecule has 3 aromatic rings. The second-order valence-corrected chi connectivity index (χ2v) is 5.69. The van der Waals surface area contributed by atoms with Crippen LogP contribution in [0.4, 0.5) is 5.69 Å². The zero-order valence-corrected chi connectivity index (χ0v) is 12.4. The number of H-pyrrole nitrogens is 1. The maximum atomic E-state index is 6.17. The third-order valence-electron chi connectivity index (χ3n) is 3.04. The molecule has 2 nitrogen and oxygen atoms in total. The van der Waals surface area contributed by atoms with Crippen molar-refractivity contribution in [1.29, 1.82) is 0 Å². The summed E-state index contributed by atoms with van der Waals surface area (Å²) in [5.41, 5.74) is 3.30. The van der Waals surface area contributed by atoms with Crippen molar-refractivity contribution in [3.8, 4) is 0 Å². The summed E-state index contributed by atoms with van der Waals surface area (Å²) in [6.45, 7) is 0.703. The lowest BCUT2D eigenvalue weighted by atomic mass is 10.2. The Labute approximate surface area is 124 Å². The topological polar surface area (TPSA) is 27.8 Å². The highest BCUT2D eigenvalue weighted by Crippen LogP contribution is 2.23. The number of hydrogen-bond donors (Lipinski definition) is 2. The Bertz CT molecular complexity index is 721. The van der Waals surface area contributed by atoms with E-state index in [1.54, 1.807) is 0 Å². The summed E-state index contributed by atoms with van der Waals surface area (Å²) in [6.07, 6.45) is 1.94. The Hall–Kier alpha value is -1.45. The SMILES string of the molecule is Clc1ccc(Br)cc1CNc1ccc2[nH]ccc2c1. The first-order valence-electron chi connectivity index (χ1n) is 5.97. The van der Waals surface area contributed by atoms with Crippen molar-refractivity contribution in [3.05, 3.63) is 63.7 Å². The van der Waals surface area contributed by atoms with Gasteiger partial charge in [-0.25, -0.2) is 0 Å². The van der Waals surface area contributed by atoms with Crippen LogP contribution in [0.25, 0.3) is 10.9 Å². The van der Waals surface area contributed by atoms with E-state index >= 15 is 0 Å². The Kier molecular flexibility index (Phi) is 3.49. The van der Waals surface area contributed by atoms with Gasteiger partial charge in [0.15, 0.2) is 0 Å². The first-order valence-corrected chi connectivity index (χ1v) is 7.14. The molecule has 0 unspecified atom stereocenters. The Morgan fingerprint density at radius 1 is 1.11 bits per heavy atom. The Balaban J connectivity index is 1.79. The van der Waals surface area contributed by atoms with Gasteiger partial charge in [-0.05, 0) is 48.0 Å². The molecule has 1 aromatic heterocycles. The van der Waals surface area contributed by atoms with Gasteiger partial charge < -0.3 is 10.3 Å². The van der Waals surface area contributed by atoms with E-state index < -0.39 is 0 Å². The number of halogens is 2. The highest BCUT2D eigenvalue weighted by atomic mass is 79.9. The second kappa shape index (κ2) is 5.27. The number of hydrogen-bond acceptors (Lipinski definition) is 1. The minimum absolute atomic E-state index is 0.703. The molecule has 96 valence electrons. The molecule has 0 fully saturated rings. The van der Waals surface area contributed by atoms with Crippen molar-refractivity contribution >= 4 is 44.1 Å². The summed E-state index contributed by atoms with van der Waals surface area (Å²) in [5, 5.41) is 5.37. The summed E-state index contributed by atoms with van der Waals surface area (Å²) < 4.78 is 1.04. The average molecular weight is 336 g/mol. The molecular formula is C15H12BrClN2. The average Bonchev–Trinajstić information content (AvgIpc) is 2.87. The lowest BCUT2D eigenvalue weighted by Crippen LogP contribution is -1.99. The van der Waals surface area contributed by atoms with Crippen LogP contribution in [0.1, 0.15) is 5.56 Å². The molecule has 0 atom stereocenters. The number of benzene rings is 2. The van der Waals surface area contributed by atoms with E-state index in [0.29, 0.717) is 6.54 Å². The molecule has 0 spiro atoms. The summed E-state index contributed by atoms with van der Waals surface area (Å²) in [6, 6.07) is 14.2. The van der Waals surface area contributed by atoms with Crippen LogP contribution in [0.15, 0.2) is 53.1 Å². The predicted molar refractivity (Wildman–Crippen MR) is 84.8 cm³/mol. The van der Waals surface area contributed by atoms with Gasteiger partial charge >= 0.3 is 0 Å². The van der Waals surface area contributed by atoms with Gasteiger partial charge in [-0.1, -0.05) is 27.5 Å². The highest BCUT2D eigenvalue weighted by Gasteiger charge is 2.02. The van der Waals surface area contributed by atoms with Gasteiger partial charge in [0.1, 0.15) is 0 Å². The molecule has 19 heavy (non-hydrogen) atoms. The number of rotatable bonds is 3. The predicted octanol–water partition coefficient (Wildman–Crippen LogP) is 5.20. The molecule has 4 heteroatoms. The zero-order chi connectivity index (χ0) is 13.2. The third-order valence-corrected chi connectivity index (χ3v) is 3.91. The highest BCUT2D eigenvalue weighted by molar-refractivity contribution is 9.10. The number of nitrogens with one attached hydrogen (secondary N) is 2. The van der Waals surface area contributed by atoms with Crippen molar-refractivity contribution < 1.29 is 0 Å². The molecule has 2 aromatic carbocycles. The molecule has 3 rings (SSSR count). The van der Waals surface area contributed by atoms with Crippen LogP contribution in [0.5, 0.6) is 0 Å². The van der Waals surface area contributed by atoms with E-state index in [9.17, 15) is 0 Å². The summed E-state index contributed by atoms with van der Waals surface area (Å²) in [4.78, 5) is 3.18. The van der Waals surface area contributed by atoms with E-state index in [1.165, 1.54) is 5.39 Å². The molecule has 0 radical (unpaired) electrons. The van der Waals surface area contributed by atoms with Crippen LogP contribution in [0.3, 0.4) is 0 Å². The third kappa shape index (κ3) is 2.77. The number of aromatic nitrogens is 1. The minimum Gasteiger partial charge on any atom is -0.381 e. The Morgan fingerprint density at radius 3 is 2.89 bits per heavy atom. The van der Waals surface area contributed by atoms with Crippen molar-refractivity contribution in [3.63, 3.8) is 0 Å². The minimum atomic E-state index is 0.703. The molecule has 2 N–H and O–H groups in total. The van der Waals surface area contributed by atoms with E-state index in [0.717, 1.165) is 26.3 Å². The maximum Gasteiger partial charge on any atom is 0.0456 e. The monoisotopic (exact) mass is 334 g/mol. The zero-order valence-electron chi connectivity index (χ0n) is 10.1. The normalized spacial score (nSPS) is 10.8. The fourth-order valence-corrected chi connectivity index (χ4v) is 2.63. The quantitative estimate of drug-likeness (QED) is 0.677. The van der Waals surface area contributed by atoms with Gasteiger partial charge in [0.25, 0.3) is 0 Å². The largest absolute Gasteiger partial charge is 0.381 e. The fraction of sp³-hybridized carbons (Fsp3) is 0.0667. The molecule has 0 saturated carbocycles. The lowest BCUT2D eigenvalue weighted by Gasteiger charge is -2.09. The van der Waals surface area contributed by atoms with Gasteiger partial charge in [0.2, 0.25) is 0 Å². The van der Waals surface area contributed by atoms with Crippen molar-refractivity contribution in [2.45, 2.75) is 6.54 Å². The van der Waals surface area contributed by atoms with E-state index in [4.69, 9.17) is 11.6 Å². The molecular weight excluding hydrogens is 324 g/mol. The molecule has 0 bridgehead atoms. The van der Waals surface area contributed by atoms with Crippen molar-refractivity contribution in [1.82, 2.24) is 4.98 Å². The summed E-state index contributed by atoms with van der Waals surface area (Å²) in [7, 11) is 0. The second-order valence-electron chi connectivity index (χ2n) is 4.37. The van der Waals surface area contributed by atoms with Crippen LogP contribution in [-0.4, -0.2) is 4.98 Å². The lowest BCUT2D eigenvalue weighted by molar-refractivity contribution is 1.15. The molecule has 1 heterocycles. The van der Waals surface area contributed by atoms with Crippen molar-refractivity contribution in [2.75, 3.05) is 5.32 Å². The van der Waals surface area contributed by atoms with Gasteiger partial charge in [-0.2, -0.15) is 0 Å². The van der Waals surface area contributed by atoms with Gasteiger partial charge in [0, 0.05) is 38.8 Å². The summed E-state index contributed by atoms with van der Waals surface area (Å²) >= 11 is 9.63. The number of fused-ring (bicyclic) bond motifs is 1. The first kappa shape index (κ1) is 12.6. The van der Waals surface area contributed by atoms with Gasteiger partial charge in [0.05, 0.1) is 0 Å². The van der Waals surface area contributed by atoms with Crippen LogP contribution in [-0.2, 0) is 6.54 Å². The van der Waals surface area contributed by atoms with Crippen LogP contribution < -0.4 is 5.32 Å². The van der Waals surface area contributed by atoms with Crippen molar-refractivity contribution in [2.24, 2.45) is 0 Å². The number of anilines is 1. The molecule has 0 amide bonds.